The molecule has 0 aromatic carbocycles. The number of carbonyl (C=O) groups is 1. The van der Waals surface area contributed by atoms with Gasteiger partial charge in [0.25, 0.3) is 0 Å². The number of hydrogen-bond donors (Lipinski definition) is 6. The third kappa shape index (κ3) is 31.8. The van der Waals surface area contributed by atoms with E-state index < -0.39 is 59.9 Å². The molecule has 1 rings (SSSR count). The van der Waals surface area contributed by atoms with Crippen molar-refractivity contribution >= 4 is 16.3 Å². The monoisotopic (exact) mass is 888 g/mol. The molecule has 1 saturated heterocycles. The van der Waals surface area contributed by atoms with Gasteiger partial charge in [-0.25, -0.2) is 4.18 Å². The summed E-state index contributed by atoms with van der Waals surface area (Å²) >= 11 is 0. The summed E-state index contributed by atoms with van der Waals surface area (Å²) in [5.74, 6) is -0.266. The molecule has 0 aromatic rings. The van der Waals surface area contributed by atoms with Crippen molar-refractivity contribution in [1.82, 2.24) is 5.32 Å². The predicted octanol–water partition coefficient (Wildman–Crippen LogP) is 9.89. The average molecular weight is 888 g/mol. The molecule has 1 heterocycles. The Morgan fingerprint density at radius 1 is 0.656 bits per heavy atom. The van der Waals surface area contributed by atoms with Crippen LogP contribution in [0.4, 0.5) is 0 Å². The van der Waals surface area contributed by atoms with E-state index in [2.05, 4.69) is 47.7 Å². The normalized spacial score (nSPS) is 20.9. The van der Waals surface area contributed by atoms with Gasteiger partial charge in [0.2, 0.25) is 5.91 Å². The number of allylic oxidation sites excluding steroid dienone is 5. The van der Waals surface area contributed by atoms with Crippen LogP contribution in [0.15, 0.2) is 36.5 Å². The van der Waals surface area contributed by atoms with Crippen molar-refractivity contribution in [2.75, 3.05) is 13.2 Å². The molecule has 358 valence electrons. The van der Waals surface area contributed by atoms with Gasteiger partial charge in [-0.05, 0) is 51.4 Å². The molecule has 0 aromatic heterocycles. The number of ether oxygens (including phenoxy) is 2. The van der Waals surface area contributed by atoms with Crippen LogP contribution in [0.3, 0.4) is 0 Å². The maximum atomic E-state index is 13.0. The molecule has 1 amide bonds. The standard InChI is InChI=1S/C48H89NO11S/c1-3-5-7-9-11-13-15-17-18-19-20-21-22-23-24-26-28-30-32-34-36-38-44(52)49-41(42(51)37-35-33-31-29-27-25-16-14-12-10-8-6-4-2)40-58-48-46(54)47(60-61(55,56)57)45(53)43(39-50)59-48/h11,13,17-18,35,37,41-43,45-48,50-51,53-54H,3-10,12,14-16,19-34,36,38-40H2,1-2H3,(H,49,52)(H,55,56,57)/b13-11-,18-17-,37-35+/t41-,42+,43+,45-,46+,47-,48+/m0/s1. The lowest BCUT2D eigenvalue weighted by atomic mass is 9.99. The Balaban J connectivity index is 2.45. The smallest absolute Gasteiger partial charge is 0.394 e. The Morgan fingerprint density at radius 3 is 1.59 bits per heavy atom. The van der Waals surface area contributed by atoms with Crippen LogP contribution < -0.4 is 5.32 Å². The summed E-state index contributed by atoms with van der Waals surface area (Å²) in [6.07, 6.45) is 37.5. The molecule has 13 heteroatoms. The van der Waals surface area contributed by atoms with Gasteiger partial charge in [-0.3, -0.25) is 9.35 Å². The van der Waals surface area contributed by atoms with Crippen LogP contribution in [0.1, 0.15) is 206 Å². The SMILES string of the molecule is CCCCC/C=C\C/C=C\CCCCCCCCCCCCCC(=O)N[C@@H](CO[C@@H]1O[C@H](CO)[C@H](O)[C@H](OS(=O)(=O)O)[C@H]1O)[C@H](O)/C=C/CCCCCCCCCCCCC. The first-order chi connectivity index (χ1) is 29.5. The minimum atomic E-state index is -5.08. The van der Waals surface area contributed by atoms with Gasteiger partial charge in [0.15, 0.2) is 6.29 Å². The van der Waals surface area contributed by atoms with Crippen LogP contribution >= 0.6 is 0 Å². The highest BCUT2D eigenvalue weighted by molar-refractivity contribution is 7.80. The molecular formula is C48H89NO11S. The molecule has 0 spiro atoms. The highest BCUT2D eigenvalue weighted by Crippen LogP contribution is 2.26. The first-order valence-corrected chi connectivity index (χ1v) is 25.7. The molecule has 1 fully saturated rings. The van der Waals surface area contributed by atoms with Crippen LogP contribution in [0.2, 0.25) is 0 Å². The Morgan fingerprint density at radius 2 is 1.10 bits per heavy atom. The second-order valence-corrected chi connectivity index (χ2v) is 18.1. The fraction of sp³-hybridized carbons (Fsp3) is 0.854. The number of aliphatic hydroxyl groups excluding tert-OH is 4. The summed E-state index contributed by atoms with van der Waals surface area (Å²) in [6, 6.07) is -0.943. The van der Waals surface area contributed by atoms with Crippen LogP contribution in [0, 0.1) is 0 Å². The number of hydrogen-bond acceptors (Lipinski definition) is 10. The minimum Gasteiger partial charge on any atom is -0.394 e. The van der Waals surface area contributed by atoms with Crippen LogP contribution in [0.5, 0.6) is 0 Å². The molecule has 1 aliphatic rings. The van der Waals surface area contributed by atoms with E-state index in [0.717, 1.165) is 44.9 Å². The van der Waals surface area contributed by atoms with Gasteiger partial charge < -0.3 is 35.2 Å². The van der Waals surface area contributed by atoms with Crippen molar-refractivity contribution in [3.8, 4) is 0 Å². The third-order valence-electron chi connectivity index (χ3n) is 11.4. The molecule has 0 radical (unpaired) electrons. The fourth-order valence-corrected chi connectivity index (χ4v) is 8.11. The van der Waals surface area contributed by atoms with E-state index >= 15 is 0 Å². The zero-order valence-electron chi connectivity index (χ0n) is 38.2. The Labute approximate surface area is 371 Å². The summed E-state index contributed by atoms with van der Waals surface area (Å²) in [4.78, 5) is 13.0. The molecule has 0 saturated carbocycles. The van der Waals surface area contributed by atoms with Crippen molar-refractivity contribution in [3.05, 3.63) is 36.5 Å². The molecule has 7 atom stereocenters. The van der Waals surface area contributed by atoms with Gasteiger partial charge in [-0.15, -0.1) is 0 Å². The van der Waals surface area contributed by atoms with E-state index in [1.807, 2.05) is 6.08 Å². The van der Waals surface area contributed by atoms with Crippen molar-refractivity contribution < 1.29 is 51.8 Å². The molecule has 12 nitrogen and oxygen atoms in total. The lowest BCUT2D eigenvalue weighted by molar-refractivity contribution is -0.298. The molecule has 0 aliphatic carbocycles. The van der Waals surface area contributed by atoms with Gasteiger partial charge >= 0.3 is 10.4 Å². The second-order valence-electron chi connectivity index (χ2n) is 17.0. The number of amides is 1. The van der Waals surface area contributed by atoms with Crippen LogP contribution in [-0.4, -0.2) is 95.4 Å². The maximum Gasteiger partial charge on any atom is 0.397 e. The van der Waals surface area contributed by atoms with Gasteiger partial charge in [-0.1, -0.05) is 185 Å². The Hall–Kier alpha value is -1.68. The molecule has 61 heavy (non-hydrogen) atoms. The van der Waals surface area contributed by atoms with Gasteiger partial charge in [0.1, 0.15) is 24.4 Å². The molecule has 0 unspecified atom stereocenters. The van der Waals surface area contributed by atoms with E-state index in [1.165, 1.54) is 135 Å². The lowest BCUT2D eigenvalue weighted by Crippen LogP contribution is -2.61. The maximum absolute atomic E-state index is 13.0. The topological polar surface area (TPSA) is 192 Å². The Kier molecular flexibility index (Phi) is 36.4. The van der Waals surface area contributed by atoms with Crippen LogP contribution in [0.25, 0.3) is 0 Å². The summed E-state index contributed by atoms with van der Waals surface area (Å²) < 4.78 is 47.6. The van der Waals surface area contributed by atoms with Gasteiger partial charge in [-0.2, -0.15) is 8.42 Å². The van der Waals surface area contributed by atoms with E-state index in [4.69, 9.17) is 9.47 Å². The highest BCUT2D eigenvalue weighted by atomic mass is 32.3. The highest BCUT2D eigenvalue weighted by Gasteiger charge is 2.48. The first kappa shape index (κ1) is 57.3. The van der Waals surface area contributed by atoms with Crippen LogP contribution in [-0.2, 0) is 28.9 Å². The predicted molar refractivity (Wildman–Crippen MR) is 245 cm³/mol. The number of unbranched alkanes of at least 4 members (excludes halogenated alkanes) is 25. The summed E-state index contributed by atoms with van der Waals surface area (Å²) in [6.45, 7) is 3.36. The summed E-state index contributed by atoms with van der Waals surface area (Å²) in [7, 11) is -5.08. The Bertz CT molecular complexity index is 1230. The lowest BCUT2D eigenvalue weighted by Gasteiger charge is -2.41. The second kappa shape index (κ2) is 38.8. The van der Waals surface area contributed by atoms with Crippen molar-refractivity contribution in [2.45, 2.75) is 249 Å². The fourth-order valence-electron chi connectivity index (χ4n) is 7.60. The zero-order chi connectivity index (χ0) is 44.8. The van der Waals surface area contributed by atoms with E-state index in [0.29, 0.717) is 6.42 Å². The van der Waals surface area contributed by atoms with Crippen molar-refractivity contribution in [2.24, 2.45) is 0 Å². The molecule has 6 N–H and O–H groups in total. The molecule has 0 bridgehead atoms. The van der Waals surface area contributed by atoms with Gasteiger partial charge in [0.05, 0.1) is 25.4 Å². The minimum absolute atomic E-state index is 0.266. The largest absolute Gasteiger partial charge is 0.397 e. The number of nitrogens with one attached hydrogen (secondary N) is 1. The molecular weight excluding hydrogens is 799 g/mol. The summed E-state index contributed by atoms with van der Waals surface area (Å²) in [5.41, 5.74) is 0. The van der Waals surface area contributed by atoms with E-state index in [1.54, 1.807) is 6.08 Å². The quantitative estimate of drug-likeness (QED) is 0.0195. The average Bonchev–Trinajstić information content (AvgIpc) is 3.23. The van der Waals surface area contributed by atoms with Crippen molar-refractivity contribution in [1.29, 1.82) is 0 Å². The molecule has 1 aliphatic heterocycles. The number of aliphatic hydroxyl groups is 4. The number of rotatable bonds is 41. The van der Waals surface area contributed by atoms with Gasteiger partial charge in [0, 0.05) is 6.42 Å². The summed E-state index contributed by atoms with van der Waals surface area (Å²) in [5, 5.41) is 44.7. The van der Waals surface area contributed by atoms with E-state index in [9.17, 15) is 38.2 Å². The first-order valence-electron chi connectivity index (χ1n) is 24.4. The number of carbonyl (C=O) groups excluding carboxylic acids is 1. The van der Waals surface area contributed by atoms with E-state index in [-0.39, 0.29) is 18.9 Å². The zero-order valence-corrected chi connectivity index (χ0v) is 39.0. The third-order valence-corrected chi connectivity index (χ3v) is 11.9. The van der Waals surface area contributed by atoms with Crippen molar-refractivity contribution in [3.63, 3.8) is 0 Å².